The Hall–Kier alpha value is -1.65. The molecule has 0 spiro atoms. The summed E-state index contributed by atoms with van der Waals surface area (Å²) in [5.41, 5.74) is 0.424. The zero-order chi connectivity index (χ0) is 22.2. The number of halogens is 2. The monoisotopic (exact) mass is 436 g/mol. The van der Waals surface area contributed by atoms with E-state index < -0.39 is 11.6 Å². The van der Waals surface area contributed by atoms with Gasteiger partial charge in [-0.05, 0) is 81.8 Å². The molecule has 0 radical (unpaired) electrons. The Morgan fingerprint density at radius 1 is 0.968 bits per heavy atom. The van der Waals surface area contributed by atoms with Crippen molar-refractivity contribution in [1.29, 1.82) is 0 Å². The van der Waals surface area contributed by atoms with Gasteiger partial charge in [-0.1, -0.05) is 38.7 Å². The van der Waals surface area contributed by atoms with Gasteiger partial charge in [0.1, 0.15) is 6.10 Å². The molecule has 1 aliphatic carbocycles. The second-order valence-corrected chi connectivity index (χ2v) is 9.34. The summed E-state index contributed by atoms with van der Waals surface area (Å²) in [6, 6.07) is 3.17. The summed E-state index contributed by atoms with van der Waals surface area (Å²) in [4.78, 5) is 12.6. The molecule has 5 heteroatoms. The van der Waals surface area contributed by atoms with Gasteiger partial charge in [0.15, 0.2) is 11.6 Å². The van der Waals surface area contributed by atoms with Crippen molar-refractivity contribution >= 4 is 5.97 Å². The SMILES string of the molecule is CCCCCC1CCC(C2CCC(CCc3ccc(OCC)c(F)c3F)CC2)C(=O)O1. The van der Waals surface area contributed by atoms with E-state index in [1.807, 2.05) is 0 Å². The molecule has 0 bridgehead atoms. The van der Waals surface area contributed by atoms with Crippen LogP contribution in [0.2, 0.25) is 0 Å². The number of carbonyl (C=O) groups excluding carboxylic acids is 1. The van der Waals surface area contributed by atoms with Crippen molar-refractivity contribution < 1.29 is 23.0 Å². The first-order chi connectivity index (χ1) is 15.0. The van der Waals surface area contributed by atoms with E-state index in [2.05, 4.69) is 6.92 Å². The zero-order valence-corrected chi connectivity index (χ0v) is 19.1. The maximum Gasteiger partial charge on any atom is 0.309 e. The predicted octanol–water partition coefficient (Wildman–Crippen LogP) is 7.00. The highest BCUT2D eigenvalue weighted by atomic mass is 19.2. The summed E-state index contributed by atoms with van der Waals surface area (Å²) in [6.07, 6.45) is 12.2. The van der Waals surface area contributed by atoms with Crippen LogP contribution in [0.15, 0.2) is 12.1 Å². The third kappa shape index (κ3) is 6.43. The highest BCUT2D eigenvalue weighted by Crippen LogP contribution is 2.40. The van der Waals surface area contributed by atoms with Gasteiger partial charge >= 0.3 is 5.97 Å². The van der Waals surface area contributed by atoms with Gasteiger partial charge in [-0.15, -0.1) is 0 Å². The molecule has 1 aromatic carbocycles. The summed E-state index contributed by atoms with van der Waals surface area (Å²) < 4.78 is 39.3. The van der Waals surface area contributed by atoms with Crippen molar-refractivity contribution in [2.24, 2.45) is 17.8 Å². The van der Waals surface area contributed by atoms with Gasteiger partial charge in [-0.3, -0.25) is 4.79 Å². The Bertz CT molecular complexity index is 713. The maximum absolute atomic E-state index is 14.3. The molecule has 0 aromatic heterocycles. The normalized spacial score (nSPS) is 26.5. The molecule has 2 fully saturated rings. The van der Waals surface area contributed by atoms with Crippen molar-refractivity contribution in [3.05, 3.63) is 29.3 Å². The molecule has 1 saturated heterocycles. The van der Waals surface area contributed by atoms with Crippen LogP contribution >= 0.6 is 0 Å². The number of hydrogen-bond acceptors (Lipinski definition) is 3. The Kier molecular flexibility index (Phi) is 9.15. The number of unbranched alkanes of at least 4 members (excludes halogenated alkanes) is 2. The van der Waals surface area contributed by atoms with E-state index in [-0.39, 0.29) is 23.7 Å². The van der Waals surface area contributed by atoms with Gasteiger partial charge in [0.25, 0.3) is 0 Å². The van der Waals surface area contributed by atoms with E-state index in [0.29, 0.717) is 30.4 Å². The summed E-state index contributed by atoms with van der Waals surface area (Å²) in [5.74, 6) is -0.683. The summed E-state index contributed by atoms with van der Waals surface area (Å²) >= 11 is 0. The van der Waals surface area contributed by atoms with E-state index in [1.165, 1.54) is 18.9 Å². The van der Waals surface area contributed by atoms with E-state index in [9.17, 15) is 13.6 Å². The van der Waals surface area contributed by atoms with Gasteiger partial charge in [0, 0.05) is 0 Å². The molecule has 1 aromatic rings. The minimum atomic E-state index is -0.883. The highest BCUT2D eigenvalue weighted by Gasteiger charge is 2.37. The molecule has 3 rings (SSSR count). The predicted molar refractivity (Wildman–Crippen MR) is 118 cm³/mol. The third-order valence-corrected chi connectivity index (χ3v) is 7.22. The molecule has 31 heavy (non-hydrogen) atoms. The molecule has 2 aliphatic rings. The highest BCUT2D eigenvalue weighted by molar-refractivity contribution is 5.73. The lowest BCUT2D eigenvalue weighted by Crippen LogP contribution is -2.36. The number of carbonyl (C=O) groups is 1. The number of hydrogen-bond donors (Lipinski definition) is 0. The Labute approximate surface area is 185 Å². The van der Waals surface area contributed by atoms with Crippen LogP contribution < -0.4 is 4.74 Å². The fourth-order valence-electron chi connectivity index (χ4n) is 5.32. The Morgan fingerprint density at radius 3 is 2.42 bits per heavy atom. The number of cyclic esters (lactones) is 1. The van der Waals surface area contributed by atoms with Crippen LogP contribution in [0.4, 0.5) is 8.78 Å². The van der Waals surface area contributed by atoms with E-state index >= 15 is 0 Å². The van der Waals surface area contributed by atoms with E-state index in [0.717, 1.165) is 57.8 Å². The van der Waals surface area contributed by atoms with Gasteiger partial charge in [0.2, 0.25) is 5.82 Å². The van der Waals surface area contributed by atoms with Crippen LogP contribution in [0, 0.1) is 29.4 Å². The van der Waals surface area contributed by atoms with Gasteiger partial charge < -0.3 is 9.47 Å². The maximum atomic E-state index is 14.3. The molecular weight excluding hydrogens is 398 g/mol. The zero-order valence-electron chi connectivity index (χ0n) is 19.1. The molecule has 1 saturated carbocycles. The van der Waals surface area contributed by atoms with Crippen LogP contribution in [-0.4, -0.2) is 18.7 Å². The minimum Gasteiger partial charge on any atom is -0.491 e. The van der Waals surface area contributed by atoms with E-state index in [1.54, 1.807) is 13.0 Å². The first kappa shape index (κ1) is 24.0. The van der Waals surface area contributed by atoms with Crippen LogP contribution in [0.3, 0.4) is 0 Å². The van der Waals surface area contributed by atoms with Crippen LogP contribution in [-0.2, 0) is 16.0 Å². The second-order valence-electron chi connectivity index (χ2n) is 9.34. The van der Waals surface area contributed by atoms with Crippen LogP contribution in [0.1, 0.15) is 90.0 Å². The van der Waals surface area contributed by atoms with Gasteiger partial charge in [0.05, 0.1) is 12.5 Å². The van der Waals surface area contributed by atoms with E-state index in [4.69, 9.17) is 9.47 Å². The first-order valence-electron chi connectivity index (χ1n) is 12.3. The summed E-state index contributed by atoms with van der Waals surface area (Å²) in [7, 11) is 0. The van der Waals surface area contributed by atoms with Crippen molar-refractivity contribution in [3.8, 4) is 5.75 Å². The molecular formula is C26H38F2O3. The lowest BCUT2D eigenvalue weighted by molar-refractivity contribution is -0.164. The van der Waals surface area contributed by atoms with Crippen molar-refractivity contribution in [2.75, 3.05) is 6.61 Å². The smallest absolute Gasteiger partial charge is 0.309 e. The van der Waals surface area contributed by atoms with Gasteiger partial charge in [-0.2, -0.15) is 4.39 Å². The Balaban J connectivity index is 1.42. The quantitative estimate of drug-likeness (QED) is 0.292. The number of benzene rings is 1. The second kappa shape index (κ2) is 11.8. The number of ether oxygens (including phenoxy) is 2. The molecule has 1 aliphatic heterocycles. The topological polar surface area (TPSA) is 35.5 Å². The lowest BCUT2D eigenvalue weighted by atomic mass is 9.72. The average Bonchev–Trinajstić information content (AvgIpc) is 2.77. The van der Waals surface area contributed by atoms with Crippen molar-refractivity contribution in [1.82, 2.24) is 0 Å². The van der Waals surface area contributed by atoms with Crippen LogP contribution in [0.25, 0.3) is 0 Å². The van der Waals surface area contributed by atoms with Crippen molar-refractivity contribution in [2.45, 2.75) is 97.0 Å². The molecule has 2 atom stereocenters. The lowest BCUT2D eigenvalue weighted by Gasteiger charge is -2.36. The molecule has 1 heterocycles. The average molecular weight is 437 g/mol. The fraction of sp³-hybridized carbons (Fsp3) is 0.731. The molecule has 0 amide bonds. The summed E-state index contributed by atoms with van der Waals surface area (Å²) in [6.45, 7) is 4.25. The van der Waals surface area contributed by atoms with Gasteiger partial charge in [-0.25, -0.2) is 4.39 Å². The van der Waals surface area contributed by atoms with Crippen LogP contribution in [0.5, 0.6) is 5.75 Å². The van der Waals surface area contributed by atoms with Crippen molar-refractivity contribution in [3.63, 3.8) is 0 Å². The standard InChI is InChI=1S/C26H38F2O3/c1-3-5-6-7-21-15-16-22(26(29)31-21)19-11-8-18(9-12-19)10-13-20-14-17-23(30-4-2)25(28)24(20)27/h14,17-19,21-22H,3-13,15-16H2,1-2H3. The fourth-order valence-corrected chi connectivity index (χ4v) is 5.32. The Morgan fingerprint density at radius 2 is 1.74 bits per heavy atom. The molecule has 2 unspecified atom stereocenters. The molecule has 3 nitrogen and oxygen atoms in total. The number of aryl methyl sites for hydroxylation is 1. The first-order valence-corrected chi connectivity index (χ1v) is 12.3. The molecule has 0 N–H and O–H groups in total. The number of esters is 1. The minimum absolute atomic E-state index is 0.0168. The largest absolute Gasteiger partial charge is 0.491 e. The number of rotatable bonds is 10. The summed E-state index contributed by atoms with van der Waals surface area (Å²) in [5, 5.41) is 0. The third-order valence-electron chi connectivity index (χ3n) is 7.22. The molecule has 174 valence electrons.